The van der Waals surface area contributed by atoms with Crippen molar-refractivity contribution >= 4 is 0 Å². The fourth-order valence-corrected chi connectivity index (χ4v) is 1.43. The van der Waals surface area contributed by atoms with E-state index >= 15 is 0 Å². The molecule has 22 heavy (non-hydrogen) atoms. The minimum atomic E-state index is 0. The molecule has 1 heteroatoms. The van der Waals surface area contributed by atoms with Crippen LogP contribution in [0.5, 0.6) is 0 Å². The van der Waals surface area contributed by atoms with E-state index in [0.29, 0.717) is 0 Å². The SMILES string of the molecule is [CH2-]c1ccccc1.[CH2-]c1ccccc1.[CH2-]c1ccccc1.[Ti+3]. The molecule has 3 aromatic rings. The standard InChI is InChI=1S/3C7H7.Ti/c3*1-7-5-3-2-4-6-7;/h3*2-6H,1H2;/q3*-1;+3. The van der Waals surface area contributed by atoms with Gasteiger partial charge in [0.1, 0.15) is 0 Å². The maximum atomic E-state index is 3.72. The largest absolute Gasteiger partial charge is 3.00 e. The van der Waals surface area contributed by atoms with Gasteiger partial charge in [0.2, 0.25) is 0 Å². The van der Waals surface area contributed by atoms with Crippen LogP contribution in [0.25, 0.3) is 0 Å². The van der Waals surface area contributed by atoms with Crippen molar-refractivity contribution in [1.82, 2.24) is 0 Å². The van der Waals surface area contributed by atoms with E-state index in [0.717, 1.165) is 16.7 Å². The van der Waals surface area contributed by atoms with Crippen LogP contribution in [-0.2, 0) is 21.7 Å². The van der Waals surface area contributed by atoms with Gasteiger partial charge in [-0.05, 0) is 0 Å². The molecule has 0 spiro atoms. The first kappa shape index (κ1) is 20.0. The van der Waals surface area contributed by atoms with E-state index in [2.05, 4.69) is 20.8 Å². The van der Waals surface area contributed by atoms with Gasteiger partial charge in [-0.25, -0.2) is 0 Å². The Morgan fingerprint density at radius 3 is 0.636 bits per heavy atom. The Morgan fingerprint density at radius 1 is 0.364 bits per heavy atom. The third kappa shape index (κ3) is 10.7. The third-order valence-electron chi connectivity index (χ3n) is 2.53. The summed E-state index contributed by atoms with van der Waals surface area (Å²) in [6.07, 6.45) is 0. The molecule has 0 saturated heterocycles. The minimum absolute atomic E-state index is 0. The number of benzene rings is 3. The Hall–Kier alpha value is -2.02. The Bertz CT molecular complexity index is 485. The first-order valence-corrected chi connectivity index (χ1v) is 6.79. The zero-order valence-corrected chi connectivity index (χ0v) is 14.3. The molecule has 0 unspecified atom stereocenters. The van der Waals surface area contributed by atoms with Crippen LogP contribution in [0.4, 0.5) is 0 Å². The van der Waals surface area contributed by atoms with Crippen LogP contribution in [-0.4, -0.2) is 0 Å². The Balaban J connectivity index is 0.000000294. The summed E-state index contributed by atoms with van der Waals surface area (Å²) in [6, 6.07) is 29.6. The van der Waals surface area contributed by atoms with Crippen molar-refractivity contribution in [3.63, 3.8) is 0 Å². The normalized spacial score (nSPS) is 8.18. The van der Waals surface area contributed by atoms with Crippen molar-refractivity contribution in [2.75, 3.05) is 0 Å². The molecule has 0 atom stereocenters. The van der Waals surface area contributed by atoms with Gasteiger partial charge < -0.3 is 0 Å². The van der Waals surface area contributed by atoms with E-state index in [1.807, 2.05) is 91.0 Å². The molecule has 0 aliphatic rings. The fourth-order valence-electron chi connectivity index (χ4n) is 1.43. The molecule has 0 saturated carbocycles. The van der Waals surface area contributed by atoms with Crippen LogP contribution in [0.3, 0.4) is 0 Å². The van der Waals surface area contributed by atoms with E-state index in [1.165, 1.54) is 0 Å². The summed E-state index contributed by atoms with van der Waals surface area (Å²) in [5, 5.41) is 0. The smallest absolute Gasteiger partial charge is 0.199 e. The summed E-state index contributed by atoms with van der Waals surface area (Å²) in [5.74, 6) is 0. The quantitative estimate of drug-likeness (QED) is 0.373. The predicted molar refractivity (Wildman–Crippen MR) is 92.7 cm³/mol. The number of hydrogen-bond donors (Lipinski definition) is 0. The molecule has 3 rings (SSSR count). The summed E-state index contributed by atoms with van der Waals surface area (Å²) < 4.78 is 0. The molecule has 3 aromatic carbocycles. The minimum Gasteiger partial charge on any atom is -0.199 e. The molecule has 1 radical (unpaired) electrons. The number of hydrogen-bond acceptors (Lipinski definition) is 0. The number of rotatable bonds is 0. The van der Waals surface area contributed by atoms with Crippen molar-refractivity contribution < 1.29 is 21.7 Å². The Morgan fingerprint density at radius 2 is 0.545 bits per heavy atom. The van der Waals surface area contributed by atoms with E-state index < -0.39 is 0 Å². The molecule has 0 aliphatic heterocycles. The van der Waals surface area contributed by atoms with Crippen LogP contribution in [0.15, 0.2) is 91.0 Å². The zero-order chi connectivity index (χ0) is 15.3. The first-order valence-electron chi connectivity index (χ1n) is 6.79. The summed E-state index contributed by atoms with van der Waals surface area (Å²) >= 11 is 0. The van der Waals surface area contributed by atoms with Crippen molar-refractivity contribution in [1.29, 1.82) is 0 Å². The maximum Gasteiger partial charge on any atom is 3.00 e. The first-order chi connectivity index (χ1) is 10.2. The predicted octanol–water partition coefficient (Wildman–Crippen LogP) is 5.60. The summed E-state index contributed by atoms with van der Waals surface area (Å²) in [6.45, 7) is 11.2. The van der Waals surface area contributed by atoms with Gasteiger partial charge in [0.05, 0.1) is 0 Å². The average Bonchev–Trinajstić information content (AvgIpc) is 2.51. The summed E-state index contributed by atoms with van der Waals surface area (Å²) in [4.78, 5) is 0. The molecule has 0 nitrogen and oxygen atoms in total. The van der Waals surface area contributed by atoms with Crippen LogP contribution in [0.1, 0.15) is 16.7 Å². The van der Waals surface area contributed by atoms with E-state index in [-0.39, 0.29) is 21.7 Å². The van der Waals surface area contributed by atoms with Crippen molar-refractivity contribution in [2.24, 2.45) is 0 Å². The van der Waals surface area contributed by atoms with Crippen LogP contribution in [0, 0.1) is 20.8 Å². The molecule has 0 fully saturated rings. The summed E-state index contributed by atoms with van der Waals surface area (Å²) in [7, 11) is 0. The molecular formula is C21H21Ti. The molecule has 0 heterocycles. The second kappa shape index (κ2) is 12.7. The second-order valence-electron chi connectivity index (χ2n) is 4.46. The van der Waals surface area contributed by atoms with Gasteiger partial charge in [-0.1, -0.05) is 18.2 Å². The van der Waals surface area contributed by atoms with Crippen LogP contribution < -0.4 is 0 Å². The van der Waals surface area contributed by atoms with Gasteiger partial charge >= 0.3 is 21.7 Å². The molecule has 0 aromatic heterocycles. The van der Waals surface area contributed by atoms with Gasteiger partial charge in [-0.3, -0.25) is 0 Å². The van der Waals surface area contributed by atoms with Gasteiger partial charge in [0.25, 0.3) is 0 Å². The maximum absolute atomic E-state index is 3.72. The van der Waals surface area contributed by atoms with Crippen molar-refractivity contribution in [3.05, 3.63) is 128 Å². The topological polar surface area (TPSA) is 0 Å². The second-order valence-corrected chi connectivity index (χ2v) is 4.46. The third-order valence-corrected chi connectivity index (χ3v) is 2.53. The zero-order valence-electron chi connectivity index (χ0n) is 12.8. The molecule has 0 aliphatic carbocycles. The summed E-state index contributed by atoms with van der Waals surface area (Å²) in [5.41, 5.74) is 3.22. The molecular weight excluding hydrogens is 300 g/mol. The average molecular weight is 321 g/mol. The Labute approximate surface area is 150 Å². The molecule has 0 amide bonds. The van der Waals surface area contributed by atoms with E-state index in [4.69, 9.17) is 0 Å². The Kier molecular flexibility index (Phi) is 11.5. The fraction of sp³-hybridized carbons (Fsp3) is 0. The van der Waals surface area contributed by atoms with Gasteiger partial charge in [0.15, 0.2) is 0 Å². The van der Waals surface area contributed by atoms with E-state index in [9.17, 15) is 0 Å². The van der Waals surface area contributed by atoms with Crippen molar-refractivity contribution in [2.45, 2.75) is 0 Å². The monoisotopic (exact) mass is 321 g/mol. The molecule has 109 valence electrons. The molecule has 0 N–H and O–H groups in total. The van der Waals surface area contributed by atoms with E-state index in [1.54, 1.807) is 0 Å². The van der Waals surface area contributed by atoms with Gasteiger partial charge in [0, 0.05) is 0 Å². The van der Waals surface area contributed by atoms with Crippen LogP contribution >= 0.6 is 0 Å². The van der Waals surface area contributed by atoms with Crippen LogP contribution in [0.2, 0.25) is 0 Å². The van der Waals surface area contributed by atoms with Crippen molar-refractivity contribution in [3.8, 4) is 0 Å². The van der Waals surface area contributed by atoms with Gasteiger partial charge in [-0.15, -0.1) is 36.4 Å². The molecule has 0 bridgehead atoms. The van der Waals surface area contributed by atoms with Gasteiger partial charge in [-0.2, -0.15) is 73.9 Å².